The van der Waals surface area contributed by atoms with Crippen molar-refractivity contribution in [3.05, 3.63) is 80.4 Å². The minimum absolute atomic E-state index is 0.154. The van der Waals surface area contributed by atoms with Gasteiger partial charge in [0.15, 0.2) is 0 Å². The zero-order valence-electron chi connectivity index (χ0n) is 18.4. The fraction of sp³-hybridized carbons (Fsp3) is 0.375. The highest BCUT2D eigenvalue weighted by molar-refractivity contribution is 7.89. The van der Waals surface area contributed by atoms with Gasteiger partial charge in [-0.2, -0.15) is 4.31 Å². The summed E-state index contributed by atoms with van der Waals surface area (Å²) >= 11 is 0. The fourth-order valence-corrected chi connectivity index (χ4v) is 5.60. The largest absolute Gasteiger partial charge is 0.380 e. The van der Waals surface area contributed by atoms with Gasteiger partial charge >= 0.3 is 0 Å². The lowest BCUT2D eigenvalue weighted by Crippen LogP contribution is -2.37. The standard InChI is InChI=1S/C24H28N4O4S/c29-23-21(22(24(23)30)27-20-9-13-25-14-10-20)26-12-5-1-2-6-16-33(31,32)28-15-11-18-7-3-4-8-19(18)17-28/h3-4,7-10,13-14,26H,1-2,5-6,11-12,15-17H2,(H,25,27). The van der Waals surface area contributed by atoms with Crippen molar-refractivity contribution in [1.82, 2.24) is 9.29 Å². The number of fused-ring (bicyclic) bond motifs is 1. The lowest BCUT2D eigenvalue weighted by atomic mass is 10.0. The molecule has 8 nitrogen and oxygen atoms in total. The highest BCUT2D eigenvalue weighted by atomic mass is 32.2. The molecule has 2 N–H and O–H groups in total. The first-order valence-corrected chi connectivity index (χ1v) is 12.9. The molecule has 2 heterocycles. The number of anilines is 3. The Hall–Kier alpha value is -3.04. The first kappa shape index (κ1) is 23.1. The van der Waals surface area contributed by atoms with E-state index in [0.717, 1.165) is 31.2 Å². The number of nitrogens with one attached hydrogen (secondary N) is 2. The van der Waals surface area contributed by atoms with Crippen molar-refractivity contribution >= 4 is 27.1 Å². The topological polar surface area (TPSA) is 108 Å². The number of rotatable bonds is 11. The molecule has 1 aliphatic rings. The van der Waals surface area contributed by atoms with Gasteiger partial charge in [0.1, 0.15) is 11.4 Å². The predicted octanol–water partition coefficient (Wildman–Crippen LogP) is 2.78. The summed E-state index contributed by atoms with van der Waals surface area (Å²) < 4.78 is 27.0. The van der Waals surface area contributed by atoms with Crippen LogP contribution in [0, 0.1) is 0 Å². The first-order chi connectivity index (χ1) is 16.0. The molecular formula is C24H28N4O4S. The van der Waals surface area contributed by atoms with Crippen LogP contribution in [0.5, 0.6) is 0 Å². The van der Waals surface area contributed by atoms with Crippen LogP contribution in [0.2, 0.25) is 0 Å². The van der Waals surface area contributed by atoms with E-state index in [9.17, 15) is 18.0 Å². The molecule has 0 radical (unpaired) electrons. The Morgan fingerprint density at radius 3 is 2.36 bits per heavy atom. The van der Waals surface area contributed by atoms with E-state index in [-0.39, 0.29) is 11.4 Å². The molecule has 0 fully saturated rings. The Morgan fingerprint density at radius 2 is 1.58 bits per heavy atom. The van der Waals surface area contributed by atoms with E-state index in [2.05, 4.69) is 21.7 Å². The van der Waals surface area contributed by atoms with Crippen molar-refractivity contribution in [2.45, 2.75) is 38.6 Å². The number of hydrogen-bond acceptors (Lipinski definition) is 7. The van der Waals surface area contributed by atoms with Crippen molar-refractivity contribution in [3.8, 4) is 0 Å². The van der Waals surface area contributed by atoms with Crippen LogP contribution in [0.25, 0.3) is 0 Å². The van der Waals surface area contributed by atoms with E-state index in [4.69, 9.17) is 0 Å². The number of aromatic nitrogens is 1. The molecule has 0 unspecified atom stereocenters. The van der Waals surface area contributed by atoms with Crippen LogP contribution in [0.4, 0.5) is 17.1 Å². The minimum Gasteiger partial charge on any atom is -0.380 e. The molecule has 0 bridgehead atoms. The lowest BCUT2D eigenvalue weighted by Gasteiger charge is -2.28. The monoisotopic (exact) mass is 468 g/mol. The Balaban J connectivity index is 1.17. The van der Waals surface area contributed by atoms with Crippen LogP contribution in [-0.2, 0) is 23.0 Å². The van der Waals surface area contributed by atoms with E-state index < -0.39 is 20.9 Å². The van der Waals surface area contributed by atoms with Gasteiger partial charge in [-0.05, 0) is 42.5 Å². The highest BCUT2D eigenvalue weighted by Crippen LogP contribution is 2.22. The van der Waals surface area contributed by atoms with Crippen LogP contribution in [0.3, 0.4) is 0 Å². The van der Waals surface area contributed by atoms with Crippen LogP contribution in [0.1, 0.15) is 36.8 Å². The van der Waals surface area contributed by atoms with E-state index in [1.165, 1.54) is 5.56 Å². The summed E-state index contributed by atoms with van der Waals surface area (Å²) in [6.07, 6.45) is 6.99. The second kappa shape index (κ2) is 10.3. The van der Waals surface area contributed by atoms with E-state index in [0.29, 0.717) is 37.4 Å². The van der Waals surface area contributed by atoms with Gasteiger partial charge in [0, 0.05) is 37.7 Å². The zero-order chi connectivity index (χ0) is 23.3. The molecule has 0 amide bonds. The number of benzene rings is 1. The third kappa shape index (κ3) is 5.48. The smallest absolute Gasteiger partial charge is 0.253 e. The highest BCUT2D eigenvalue weighted by Gasteiger charge is 2.26. The van der Waals surface area contributed by atoms with Crippen molar-refractivity contribution < 1.29 is 8.42 Å². The fourth-order valence-electron chi connectivity index (χ4n) is 4.07. The Morgan fingerprint density at radius 1 is 0.879 bits per heavy atom. The zero-order valence-corrected chi connectivity index (χ0v) is 19.2. The minimum atomic E-state index is -3.26. The summed E-state index contributed by atoms with van der Waals surface area (Å²) in [5, 5.41) is 6.00. The van der Waals surface area contributed by atoms with Gasteiger partial charge in [0.2, 0.25) is 10.0 Å². The molecule has 1 aromatic heterocycles. The number of unbranched alkanes of at least 4 members (excludes halogenated alkanes) is 3. The van der Waals surface area contributed by atoms with Crippen molar-refractivity contribution in [2.24, 2.45) is 0 Å². The van der Waals surface area contributed by atoms with E-state index >= 15 is 0 Å². The summed E-state index contributed by atoms with van der Waals surface area (Å²) in [6, 6.07) is 11.4. The molecule has 174 valence electrons. The maximum atomic E-state index is 12.7. The molecule has 0 spiro atoms. The van der Waals surface area contributed by atoms with Gasteiger partial charge in [-0.1, -0.05) is 37.1 Å². The summed E-state index contributed by atoms with van der Waals surface area (Å²) in [6.45, 7) is 1.55. The van der Waals surface area contributed by atoms with E-state index in [1.54, 1.807) is 28.8 Å². The van der Waals surface area contributed by atoms with Crippen molar-refractivity contribution in [2.75, 3.05) is 29.5 Å². The first-order valence-electron chi connectivity index (χ1n) is 11.2. The number of hydrogen-bond donors (Lipinski definition) is 2. The number of sulfonamides is 1. The maximum Gasteiger partial charge on any atom is 0.253 e. The third-order valence-electron chi connectivity index (χ3n) is 5.98. The van der Waals surface area contributed by atoms with Gasteiger partial charge in [-0.3, -0.25) is 14.6 Å². The average molecular weight is 469 g/mol. The van der Waals surface area contributed by atoms with Crippen LogP contribution < -0.4 is 21.5 Å². The second-order valence-electron chi connectivity index (χ2n) is 8.28. The predicted molar refractivity (Wildman–Crippen MR) is 130 cm³/mol. The van der Waals surface area contributed by atoms with Crippen molar-refractivity contribution in [3.63, 3.8) is 0 Å². The quantitative estimate of drug-likeness (QED) is 0.329. The molecule has 4 rings (SSSR count). The molecule has 9 heteroatoms. The summed E-state index contributed by atoms with van der Waals surface area (Å²) in [5.41, 5.74) is 2.57. The molecule has 0 atom stereocenters. The summed E-state index contributed by atoms with van der Waals surface area (Å²) in [7, 11) is -3.26. The Bertz CT molecular complexity index is 1270. The van der Waals surface area contributed by atoms with Crippen LogP contribution in [-0.4, -0.2) is 36.5 Å². The number of pyridine rings is 1. The van der Waals surface area contributed by atoms with Gasteiger partial charge in [-0.15, -0.1) is 0 Å². The number of nitrogens with zero attached hydrogens (tertiary/aromatic N) is 2. The SMILES string of the molecule is O=c1c(NCCCCCCS(=O)(=O)N2CCc3ccccc3C2)c(Nc2ccncc2)c1=O. The normalized spacial score (nSPS) is 14.2. The van der Waals surface area contributed by atoms with Gasteiger partial charge in [-0.25, -0.2) is 8.42 Å². The van der Waals surface area contributed by atoms with E-state index in [1.807, 2.05) is 18.2 Å². The molecule has 2 aromatic carbocycles. The van der Waals surface area contributed by atoms with Gasteiger partial charge < -0.3 is 10.6 Å². The third-order valence-corrected chi connectivity index (χ3v) is 7.88. The Kier molecular flexibility index (Phi) is 7.20. The second-order valence-corrected chi connectivity index (χ2v) is 10.4. The molecule has 33 heavy (non-hydrogen) atoms. The molecular weight excluding hydrogens is 440 g/mol. The molecule has 0 saturated carbocycles. The van der Waals surface area contributed by atoms with Crippen molar-refractivity contribution in [1.29, 1.82) is 0 Å². The van der Waals surface area contributed by atoms with Gasteiger partial charge in [0.25, 0.3) is 10.9 Å². The lowest BCUT2D eigenvalue weighted by molar-refractivity contribution is 0.390. The Labute approximate surface area is 193 Å². The average Bonchev–Trinajstić information content (AvgIpc) is 2.84. The molecule has 3 aromatic rings. The molecule has 0 saturated heterocycles. The summed E-state index contributed by atoms with van der Waals surface area (Å²) in [4.78, 5) is 27.7. The molecule has 0 aliphatic carbocycles. The maximum absolute atomic E-state index is 12.7. The summed E-state index contributed by atoms with van der Waals surface area (Å²) in [5.74, 6) is 0.154. The van der Waals surface area contributed by atoms with Crippen LogP contribution in [0.15, 0.2) is 58.4 Å². The molecule has 1 aliphatic heterocycles. The van der Waals surface area contributed by atoms with Gasteiger partial charge in [0.05, 0.1) is 5.75 Å². The van der Waals surface area contributed by atoms with Crippen LogP contribution >= 0.6 is 0 Å².